The molecule has 0 aliphatic carbocycles. The van der Waals surface area contributed by atoms with Crippen LogP contribution in [0.15, 0.2) is 29.2 Å². The number of halogens is 1. The fourth-order valence-corrected chi connectivity index (χ4v) is 2.31. The van der Waals surface area contributed by atoms with Crippen molar-refractivity contribution in [3.05, 3.63) is 29.8 Å². The number of hydrogen-bond donors (Lipinski definition) is 0. The minimum absolute atomic E-state index is 0.0378. The topological polar surface area (TPSA) is 60.4 Å². The molecular weight excluding hydrogens is 288 g/mol. The number of carbonyl (C=O) groups excluding carboxylic acids is 1. The summed E-state index contributed by atoms with van der Waals surface area (Å²) in [5.74, 6) is -0.313. The molecule has 0 saturated heterocycles. The summed E-state index contributed by atoms with van der Waals surface area (Å²) in [7, 11) is 1.52. The molecule has 6 heteroatoms. The average molecular weight is 305 g/mol. The van der Waals surface area contributed by atoms with E-state index in [4.69, 9.17) is 15.4 Å². The maximum Gasteiger partial charge on any atom is 0.306 e. The van der Waals surface area contributed by atoms with Crippen LogP contribution >= 0.6 is 10.7 Å². The standard InChI is InChI=1S/C13H17ClO4S/c1-13(2,3)18-12(15)8-7-10-5-4-6-11(9-10)19(14,16)17/h4-6,9H,7-8H2,1-3H3. The molecule has 0 fully saturated rings. The molecule has 0 N–H and O–H groups in total. The molecule has 4 nitrogen and oxygen atoms in total. The normalized spacial score (nSPS) is 12.2. The largest absolute Gasteiger partial charge is 0.460 e. The van der Waals surface area contributed by atoms with Crippen LogP contribution < -0.4 is 0 Å². The highest BCUT2D eigenvalue weighted by molar-refractivity contribution is 8.13. The van der Waals surface area contributed by atoms with Gasteiger partial charge in [-0.2, -0.15) is 0 Å². The molecule has 0 aliphatic heterocycles. The SMILES string of the molecule is CC(C)(C)OC(=O)CCc1cccc(S(=O)(=O)Cl)c1. The molecule has 19 heavy (non-hydrogen) atoms. The number of carbonyl (C=O) groups is 1. The Morgan fingerprint density at radius 3 is 2.47 bits per heavy atom. The Labute approximate surface area is 118 Å². The van der Waals surface area contributed by atoms with E-state index in [1.54, 1.807) is 32.9 Å². The summed E-state index contributed by atoms with van der Waals surface area (Å²) in [6, 6.07) is 6.22. The van der Waals surface area contributed by atoms with Gasteiger partial charge in [-0.3, -0.25) is 4.79 Å². The molecule has 0 saturated carbocycles. The lowest BCUT2D eigenvalue weighted by atomic mass is 10.1. The maximum atomic E-state index is 11.5. The summed E-state index contributed by atoms with van der Waals surface area (Å²) in [4.78, 5) is 11.6. The zero-order chi connectivity index (χ0) is 14.7. The molecule has 0 atom stereocenters. The number of aryl methyl sites for hydroxylation is 1. The predicted molar refractivity (Wildman–Crippen MR) is 73.6 cm³/mol. The zero-order valence-corrected chi connectivity index (χ0v) is 12.7. The van der Waals surface area contributed by atoms with Crippen LogP contribution in [0, 0.1) is 0 Å². The zero-order valence-electron chi connectivity index (χ0n) is 11.1. The first kappa shape index (κ1) is 16.0. The van der Waals surface area contributed by atoms with Crippen molar-refractivity contribution in [1.29, 1.82) is 0 Å². The fraction of sp³-hybridized carbons (Fsp3) is 0.462. The Kier molecular flexibility index (Phi) is 4.98. The van der Waals surface area contributed by atoms with Gasteiger partial charge in [0.1, 0.15) is 5.60 Å². The monoisotopic (exact) mass is 304 g/mol. The lowest BCUT2D eigenvalue weighted by Crippen LogP contribution is -2.24. The minimum atomic E-state index is -3.74. The Morgan fingerprint density at radius 1 is 1.32 bits per heavy atom. The summed E-state index contributed by atoms with van der Waals surface area (Å²) in [6.07, 6.45) is 0.609. The van der Waals surface area contributed by atoms with Gasteiger partial charge in [0.05, 0.1) is 4.90 Å². The van der Waals surface area contributed by atoms with Crippen LogP contribution in [0.1, 0.15) is 32.8 Å². The number of esters is 1. The van der Waals surface area contributed by atoms with E-state index in [1.807, 2.05) is 0 Å². The first-order chi connectivity index (χ1) is 8.58. The maximum absolute atomic E-state index is 11.5. The third-order valence-corrected chi connectivity index (χ3v) is 3.57. The average Bonchev–Trinajstić information content (AvgIpc) is 2.23. The Bertz CT molecular complexity index is 558. The highest BCUT2D eigenvalue weighted by Crippen LogP contribution is 2.17. The highest BCUT2D eigenvalue weighted by Gasteiger charge is 2.16. The van der Waals surface area contributed by atoms with Gasteiger partial charge >= 0.3 is 5.97 Å². The number of rotatable bonds is 4. The Hall–Kier alpha value is -1.07. The van der Waals surface area contributed by atoms with Crippen LogP contribution in [-0.4, -0.2) is 20.0 Å². The lowest BCUT2D eigenvalue weighted by molar-refractivity contribution is -0.154. The van der Waals surface area contributed by atoms with Gasteiger partial charge in [0.15, 0.2) is 0 Å². The number of ether oxygens (including phenoxy) is 1. The molecule has 106 valence electrons. The van der Waals surface area contributed by atoms with E-state index in [1.165, 1.54) is 12.1 Å². The first-order valence-corrected chi connectivity index (χ1v) is 8.14. The summed E-state index contributed by atoms with van der Waals surface area (Å²) < 4.78 is 27.5. The number of benzene rings is 1. The number of hydrogen-bond acceptors (Lipinski definition) is 4. The van der Waals surface area contributed by atoms with Gasteiger partial charge in [0.2, 0.25) is 0 Å². The molecule has 1 rings (SSSR count). The van der Waals surface area contributed by atoms with E-state index >= 15 is 0 Å². The minimum Gasteiger partial charge on any atom is -0.460 e. The van der Waals surface area contributed by atoms with Crippen molar-refractivity contribution in [2.24, 2.45) is 0 Å². The van der Waals surface area contributed by atoms with Crippen LogP contribution in [0.5, 0.6) is 0 Å². The van der Waals surface area contributed by atoms with Crippen LogP contribution in [0.2, 0.25) is 0 Å². The third-order valence-electron chi connectivity index (χ3n) is 2.22. The van der Waals surface area contributed by atoms with E-state index in [9.17, 15) is 13.2 Å². The van der Waals surface area contributed by atoms with Crippen molar-refractivity contribution in [2.45, 2.75) is 44.1 Å². The predicted octanol–water partition coefficient (Wildman–Crippen LogP) is 2.89. The second-order valence-corrected chi connectivity index (χ2v) is 7.74. The fourth-order valence-electron chi connectivity index (χ4n) is 1.49. The quantitative estimate of drug-likeness (QED) is 0.634. The summed E-state index contributed by atoms with van der Waals surface area (Å²) in [5.41, 5.74) is 0.214. The van der Waals surface area contributed by atoms with Gasteiger partial charge in [0.25, 0.3) is 9.05 Å². The van der Waals surface area contributed by atoms with Gasteiger partial charge < -0.3 is 4.74 Å². The molecule has 0 amide bonds. The van der Waals surface area contributed by atoms with E-state index in [2.05, 4.69) is 0 Å². The van der Waals surface area contributed by atoms with Gasteiger partial charge in [0, 0.05) is 17.1 Å². The van der Waals surface area contributed by atoms with Gasteiger partial charge in [-0.1, -0.05) is 12.1 Å². The van der Waals surface area contributed by atoms with Crippen molar-refractivity contribution in [2.75, 3.05) is 0 Å². The van der Waals surface area contributed by atoms with Crippen LogP contribution in [0.4, 0.5) is 0 Å². The molecule has 0 aliphatic rings. The summed E-state index contributed by atoms with van der Waals surface area (Å²) in [5, 5.41) is 0. The molecule has 0 unspecified atom stereocenters. The molecule has 1 aromatic carbocycles. The van der Waals surface area contributed by atoms with E-state index in [-0.39, 0.29) is 17.3 Å². The van der Waals surface area contributed by atoms with Crippen molar-refractivity contribution in [1.82, 2.24) is 0 Å². The molecule has 0 aromatic heterocycles. The molecule has 0 radical (unpaired) electrons. The van der Waals surface area contributed by atoms with Gasteiger partial charge in [-0.05, 0) is 44.9 Å². The van der Waals surface area contributed by atoms with Crippen molar-refractivity contribution < 1.29 is 17.9 Å². The van der Waals surface area contributed by atoms with E-state index in [0.29, 0.717) is 6.42 Å². The Balaban J connectivity index is 2.67. The summed E-state index contributed by atoms with van der Waals surface area (Å²) in [6.45, 7) is 5.39. The molecule has 1 aromatic rings. The third kappa shape index (κ3) is 6.07. The first-order valence-electron chi connectivity index (χ1n) is 5.83. The van der Waals surface area contributed by atoms with Crippen LogP contribution in [0.25, 0.3) is 0 Å². The van der Waals surface area contributed by atoms with E-state index in [0.717, 1.165) is 5.56 Å². The lowest BCUT2D eigenvalue weighted by Gasteiger charge is -2.19. The summed E-state index contributed by atoms with van der Waals surface area (Å²) >= 11 is 0. The smallest absolute Gasteiger partial charge is 0.306 e. The second kappa shape index (κ2) is 5.92. The molecular formula is C13H17ClO4S. The van der Waals surface area contributed by atoms with Crippen molar-refractivity contribution in [3.63, 3.8) is 0 Å². The van der Waals surface area contributed by atoms with Gasteiger partial charge in [-0.15, -0.1) is 0 Å². The molecule has 0 heterocycles. The van der Waals surface area contributed by atoms with Crippen molar-refractivity contribution in [3.8, 4) is 0 Å². The molecule has 0 bridgehead atoms. The van der Waals surface area contributed by atoms with Gasteiger partial charge in [-0.25, -0.2) is 8.42 Å². The van der Waals surface area contributed by atoms with Crippen molar-refractivity contribution >= 4 is 25.7 Å². The second-order valence-electron chi connectivity index (χ2n) is 5.17. The van der Waals surface area contributed by atoms with Crippen LogP contribution in [-0.2, 0) is 25.0 Å². The van der Waals surface area contributed by atoms with E-state index < -0.39 is 14.7 Å². The molecule has 0 spiro atoms. The van der Waals surface area contributed by atoms with Crippen LogP contribution in [0.3, 0.4) is 0 Å². The Morgan fingerprint density at radius 2 is 1.95 bits per heavy atom. The highest BCUT2D eigenvalue weighted by atomic mass is 35.7.